The van der Waals surface area contributed by atoms with Crippen LogP contribution in [0.2, 0.25) is 0 Å². The third kappa shape index (κ3) is 4.49. The van der Waals surface area contributed by atoms with Crippen molar-refractivity contribution in [3.8, 4) is 11.5 Å². The summed E-state index contributed by atoms with van der Waals surface area (Å²) in [6.45, 7) is 2.29. The molecule has 0 spiro atoms. The van der Waals surface area contributed by atoms with Gasteiger partial charge in [0.05, 0.1) is 20.8 Å². The van der Waals surface area contributed by atoms with Crippen molar-refractivity contribution in [1.82, 2.24) is 15.0 Å². The quantitative estimate of drug-likeness (QED) is 0.727. The van der Waals surface area contributed by atoms with E-state index in [2.05, 4.69) is 21.1 Å². The van der Waals surface area contributed by atoms with Crippen LogP contribution in [0.25, 0.3) is 0 Å². The summed E-state index contributed by atoms with van der Waals surface area (Å²) in [6, 6.07) is 6.00. The highest BCUT2D eigenvalue weighted by Gasteiger charge is 2.24. The number of ether oxygens (including phenoxy) is 3. The third-order valence-electron chi connectivity index (χ3n) is 4.33. The van der Waals surface area contributed by atoms with Crippen LogP contribution in [-0.2, 0) is 17.7 Å². The molecule has 1 atom stereocenters. The molecular formula is C18H25N3O4. The van der Waals surface area contributed by atoms with E-state index in [0.717, 1.165) is 43.9 Å². The van der Waals surface area contributed by atoms with Crippen molar-refractivity contribution in [2.75, 3.05) is 34.4 Å². The average Bonchev–Trinajstić information content (AvgIpc) is 3.31. The molecule has 1 saturated heterocycles. The number of hydrogen-bond acceptors (Lipinski definition) is 7. The zero-order valence-corrected chi connectivity index (χ0v) is 15.0. The second kappa shape index (κ2) is 8.31. The molecule has 0 aliphatic carbocycles. The van der Waals surface area contributed by atoms with Gasteiger partial charge in [0.2, 0.25) is 0 Å². The molecule has 1 aromatic carbocycles. The van der Waals surface area contributed by atoms with Gasteiger partial charge < -0.3 is 18.7 Å². The normalized spacial score (nSPS) is 17.2. The highest BCUT2D eigenvalue weighted by Crippen LogP contribution is 2.28. The summed E-state index contributed by atoms with van der Waals surface area (Å²) in [6.07, 6.45) is 2.87. The lowest BCUT2D eigenvalue weighted by molar-refractivity contribution is 0.0835. The van der Waals surface area contributed by atoms with Gasteiger partial charge in [-0.2, -0.15) is 4.98 Å². The van der Waals surface area contributed by atoms with Gasteiger partial charge in [0.1, 0.15) is 6.10 Å². The first-order chi connectivity index (χ1) is 12.2. The van der Waals surface area contributed by atoms with E-state index in [4.69, 9.17) is 18.7 Å². The van der Waals surface area contributed by atoms with Gasteiger partial charge in [-0.1, -0.05) is 11.2 Å². The van der Waals surface area contributed by atoms with Crippen LogP contribution in [0, 0.1) is 0 Å². The molecule has 1 aliphatic rings. The van der Waals surface area contributed by atoms with Crippen LogP contribution in [0.5, 0.6) is 11.5 Å². The van der Waals surface area contributed by atoms with Crippen LogP contribution in [0.3, 0.4) is 0 Å². The van der Waals surface area contributed by atoms with Gasteiger partial charge in [-0.05, 0) is 44.0 Å². The van der Waals surface area contributed by atoms with Gasteiger partial charge in [-0.3, -0.25) is 4.90 Å². The van der Waals surface area contributed by atoms with Crippen molar-refractivity contribution in [3.63, 3.8) is 0 Å². The maximum Gasteiger partial charge on any atom is 0.255 e. The lowest BCUT2D eigenvalue weighted by Crippen LogP contribution is -2.21. The Morgan fingerprint density at radius 1 is 1.24 bits per heavy atom. The Hall–Kier alpha value is -2.12. The van der Waals surface area contributed by atoms with E-state index >= 15 is 0 Å². The Balaban J connectivity index is 1.52. The first kappa shape index (κ1) is 17.7. The summed E-state index contributed by atoms with van der Waals surface area (Å²) in [5.41, 5.74) is 1.19. The summed E-state index contributed by atoms with van der Waals surface area (Å²) < 4.78 is 21.5. The molecule has 7 nitrogen and oxygen atoms in total. The molecule has 2 aromatic rings. The average molecular weight is 347 g/mol. The smallest absolute Gasteiger partial charge is 0.255 e. The number of methoxy groups -OCH3 is 2. The zero-order valence-electron chi connectivity index (χ0n) is 15.0. The fourth-order valence-electron chi connectivity index (χ4n) is 2.91. The Labute approximate surface area is 147 Å². The van der Waals surface area contributed by atoms with Crippen molar-refractivity contribution in [2.24, 2.45) is 0 Å². The fraction of sp³-hybridized carbons (Fsp3) is 0.556. The molecule has 0 unspecified atom stereocenters. The van der Waals surface area contributed by atoms with Gasteiger partial charge in [-0.25, -0.2) is 0 Å². The molecule has 0 radical (unpaired) electrons. The first-order valence-electron chi connectivity index (χ1n) is 8.53. The Kier molecular flexibility index (Phi) is 5.88. The summed E-state index contributed by atoms with van der Waals surface area (Å²) in [7, 11) is 5.33. The van der Waals surface area contributed by atoms with Gasteiger partial charge >= 0.3 is 0 Å². The van der Waals surface area contributed by atoms with Gasteiger partial charge in [0, 0.05) is 13.2 Å². The van der Waals surface area contributed by atoms with Crippen molar-refractivity contribution < 1.29 is 18.7 Å². The van der Waals surface area contributed by atoms with E-state index in [0.29, 0.717) is 18.3 Å². The lowest BCUT2D eigenvalue weighted by atomic mass is 10.1. The van der Waals surface area contributed by atoms with Gasteiger partial charge in [0.25, 0.3) is 5.89 Å². The van der Waals surface area contributed by atoms with Gasteiger partial charge in [0.15, 0.2) is 17.3 Å². The number of rotatable bonds is 8. The highest BCUT2D eigenvalue weighted by molar-refractivity contribution is 5.42. The van der Waals surface area contributed by atoms with Crippen LogP contribution in [0.15, 0.2) is 22.7 Å². The van der Waals surface area contributed by atoms with Crippen molar-refractivity contribution >= 4 is 0 Å². The molecule has 0 N–H and O–H groups in total. The van der Waals surface area contributed by atoms with E-state index < -0.39 is 0 Å². The van der Waals surface area contributed by atoms with E-state index in [1.807, 2.05) is 19.2 Å². The molecule has 25 heavy (non-hydrogen) atoms. The summed E-state index contributed by atoms with van der Waals surface area (Å²) >= 11 is 0. The number of nitrogens with zero attached hydrogens (tertiary/aromatic N) is 3. The molecule has 1 aliphatic heterocycles. The lowest BCUT2D eigenvalue weighted by Gasteiger charge is -2.15. The van der Waals surface area contributed by atoms with E-state index in [1.54, 1.807) is 14.2 Å². The van der Waals surface area contributed by atoms with Crippen LogP contribution in [0.4, 0.5) is 0 Å². The maximum atomic E-state index is 5.57. The number of benzene rings is 1. The van der Waals surface area contributed by atoms with E-state index in [-0.39, 0.29) is 6.10 Å². The summed E-state index contributed by atoms with van der Waals surface area (Å²) in [5.74, 6) is 2.79. The van der Waals surface area contributed by atoms with E-state index in [9.17, 15) is 0 Å². The number of hydrogen-bond donors (Lipinski definition) is 0. The largest absolute Gasteiger partial charge is 0.493 e. The van der Waals surface area contributed by atoms with Crippen LogP contribution in [-0.4, -0.2) is 49.5 Å². The topological polar surface area (TPSA) is 69.9 Å². The molecule has 1 aromatic heterocycles. The summed E-state index contributed by atoms with van der Waals surface area (Å²) in [5, 5.41) is 4.06. The predicted molar refractivity (Wildman–Crippen MR) is 91.8 cm³/mol. The standard InChI is InChI=1S/C18H25N3O4/c1-21(9-8-13-6-7-14(22-2)16(11-13)23-3)12-17-19-18(25-20-17)15-5-4-10-24-15/h6-7,11,15H,4-5,8-10,12H2,1-3H3/t15-/m0/s1. The second-order valence-electron chi connectivity index (χ2n) is 6.23. The number of likely N-dealkylation sites (N-methyl/N-ethyl adjacent to an activating group) is 1. The molecule has 136 valence electrons. The Bertz CT molecular complexity index is 683. The molecular weight excluding hydrogens is 322 g/mol. The second-order valence-corrected chi connectivity index (χ2v) is 6.23. The van der Waals surface area contributed by atoms with Crippen LogP contribution < -0.4 is 9.47 Å². The number of aromatic nitrogens is 2. The predicted octanol–water partition coefficient (Wildman–Crippen LogP) is 2.61. The van der Waals surface area contributed by atoms with Crippen LogP contribution >= 0.6 is 0 Å². The zero-order chi connectivity index (χ0) is 17.6. The molecule has 2 heterocycles. The monoisotopic (exact) mass is 347 g/mol. The molecule has 3 rings (SSSR count). The minimum Gasteiger partial charge on any atom is -0.493 e. The van der Waals surface area contributed by atoms with Gasteiger partial charge in [-0.15, -0.1) is 0 Å². The molecule has 0 saturated carbocycles. The van der Waals surface area contributed by atoms with Crippen molar-refractivity contribution in [2.45, 2.75) is 31.9 Å². The molecule has 7 heteroatoms. The maximum absolute atomic E-state index is 5.57. The fourth-order valence-corrected chi connectivity index (χ4v) is 2.91. The molecule has 0 amide bonds. The SMILES string of the molecule is COc1ccc(CCN(C)Cc2noc([C@@H]3CCCO3)n2)cc1OC. The third-order valence-corrected chi connectivity index (χ3v) is 4.33. The van der Waals surface area contributed by atoms with Crippen molar-refractivity contribution in [3.05, 3.63) is 35.5 Å². The highest BCUT2D eigenvalue weighted by atomic mass is 16.5. The molecule has 0 bridgehead atoms. The van der Waals surface area contributed by atoms with Crippen LogP contribution in [0.1, 0.15) is 36.2 Å². The van der Waals surface area contributed by atoms with E-state index in [1.165, 1.54) is 5.56 Å². The Morgan fingerprint density at radius 2 is 2.08 bits per heavy atom. The Morgan fingerprint density at radius 3 is 2.80 bits per heavy atom. The molecule has 1 fully saturated rings. The summed E-state index contributed by atoms with van der Waals surface area (Å²) in [4.78, 5) is 6.62. The minimum absolute atomic E-state index is 0.0293. The first-order valence-corrected chi connectivity index (χ1v) is 8.53. The minimum atomic E-state index is -0.0293. The van der Waals surface area contributed by atoms with Crippen molar-refractivity contribution in [1.29, 1.82) is 0 Å².